The number of hydrogen-bond donors (Lipinski definition) is 1. The summed E-state index contributed by atoms with van der Waals surface area (Å²) in [7, 11) is 0. The van der Waals surface area contributed by atoms with E-state index >= 15 is 0 Å². The SMILES string of the molecule is Cc1cc(C(C)NC2=N[C@@H](C(C)C)CS2)c(C)s1. The van der Waals surface area contributed by atoms with Crippen LogP contribution in [-0.4, -0.2) is 17.0 Å². The van der Waals surface area contributed by atoms with Crippen molar-refractivity contribution in [3.05, 3.63) is 21.4 Å². The lowest BCUT2D eigenvalue weighted by Crippen LogP contribution is -2.23. The first-order valence-electron chi connectivity index (χ1n) is 6.51. The molecule has 0 aliphatic carbocycles. The number of aliphatic imine (C=N–C) groups is 1. The zero-order valence-electron chi connectivity index (χ0n) is 11.8. The molecule has 0 radical (unpaired) electrons. The van der Waals surface area contributed by atoms with Gasteiger partial charge in [0, 0.05) is 15.5 Å². The third-order valence-electron chi connectivity index (χ3n) is 3.33. The fourth-order valence-electron chi connectivity index (χ4n) is 2.15. The number of amidine groups is 1. The maximum Gasteiger partial charge on any atom is 0.157 e. The summed E-state index contributed by atoms with van der Waals surface area (Å²) in [4.78, 5) is 7.56. The molecule has 2 nitrogen and oxygen atoms in total. The Kier molecular flexibility index (Phi) is 4.38. The molecule has 0 spiro atoms. The molecule has 1 unspecified atom stereocenters. The molecule has 2 rings (SSSR count). The van der Waals surface area contributed by atoms with Crippen LogP contribution in [0.25, 0.3) is 0 Å². The van der Waals surface area contributed by atoms with Crippen molar-refractivity contribution in [3.63, 3.8) is 0 Å². The van der Waals surface area contributed by atoms with Gasteiger partial charge in [0.15, 0.2) is 5.17 Å². The van der Waals surface area contributed by atoms with Gasteiger partial charge in [0.05, 0.1) is 12.1 Å². The number of aryl methyl sites for hydroxylation is 2. The number of hydrogen-bond acceptors (Lipinski definition) is 4. The minimum Gasteiger partial charge on any atom is -0.358 e. The highest BCUT2D eigenvalue weighted by atomic mass is 32.2. The Balaban J connectivity index is 2.02. The zero-order chi connectivity index (χ0) is 13.3. The molecule has 0 aromatic carbocycles. The van der Waals surface area contributed by atoms with Crippen LogP contribution >= 0.6 is 23.1 Å². The number of rotatable bonds is 3. The summed E-state index contributed by atoms with van der Waals surface area (Å²) >= 11 is 3.73. The minimum atomic E-state index is 0.354. The largest absolute Gasteiger partial charge is 0.358 e. The van der Waals surface area contributed by atoms with E-state index in [0.717, 1.165) is 10.9 Å². The Bertz CT molecular complexity index is 449. The Labute approximate surface area is 118 Å². The van der Waals surface area contributed by atoms with Gasteiger partial charge in [0.1, 0.15) is 0 Å². The lowest BCUT2D eigenvalue weighted by molar-refractivity contribution is 0.541. The molecule has 4 heteroatoms. The Morgan fingerprint density at radius 3 is 2.56 bits per heavy atom. The summed E-state index contributed by atoms with van der Waals surface area (Å²) in [5.74, 6) is 1.76. The first-order chi connectivity index (χ1) is 8.47. The van der Waals surface area contributed by atoms with Gasteiger partial charge in [-0.2, -0.15) is 0 Å². The van der Waals surface area contributed by atoms with E-state index in [1.54, 1.807) is 0 Å². The Hall–Kier alpha value is -0.480. The van der Waals surface area contributed by atoms with Gasteiger partial charge in [-0.1, -0.05) is 25.6 Å². The van der Waals surface area contributed by atoms with Crippen molar-refractivity contribution in [1.82, 2.24) is 5.32 Å². The van der Waals surface area contributed by atoms with E-state index in [2.05, 4.69) is 46.0 Å². The third-order valence-corrected chi connectivity index (χ3v) is 5.32. The monoisotopic (exact) mass is 282 g/mol. The van der Waals surface area contributed by atoms with Gasteiger partial charge in [-0.25, -0.2) is 0 Å². The second-order valence-corrected chi connectivity index (χ2v) is 7.76. The molecule has 1 aromatic rings. The van der Waals surface area contributed by atoms with Crippen LogP contribution in [0.2, 0.25) is 0 Å². The van der Waals surface area contributed by atoms with E-state index in [1.807, 2.05) is 23.1 Å². The van der Waals surface area contributed by atoms with E-state index in [-0.39, 0.29) is 0 Å². The molecule has 1 aliphatic heterocycles. The molecule has 0 saturated carbocycles. The molecule has 18 heavy (non-hydrogen) atoms. The molecule has 2 heterocycles. The van der Waals surface area contributed by atoms with E-state index in [1.165, 1.54) is 15.3 Å². The van der Waals surface area contributed by atoms with Crippen molar-refractivity contribution in [1.29, 1.82) is 0 Å². The van der Waals surface area contributed by atoms with Gasteiger partial charge in [-0.15, -0.1) is 11.3 Å². The van der Waals surface area contributed by atoms with Crippen LogP contribution in [0.4, 0.5) is 0 Å². The maximum absolute atomic E-state index is 4.76. The van der Waals surface area contributed by atoms with Crippen molar-refractivity contribution in [3.8, 4) is 0 Å². The second kappa shape index (κ2) is 5.66. The van der Waals surface area contributed by atoms with Crippen molar-refractivity contribution in [2.75, 3.05) is 5.75 Å². The van der Waals surface area contributed by atoms with Crippen LogP contribution < -0.4 is 5.32 Å². The molecule has 1 aromatic heterocycles. The summed E-state index contributed by atoms with van der Waals surface area (Å²) in [5, 5.41) is 4.67. The lowest BCUT2D eigenvalue weighted by Gasteiger charge is -2.14. The fourth-order valence-corrected chi connectivity index (χ4v) is 4.43. The van der Waals surface area contributed by atoms with Crippen LogP contribution in [0.5, 0.6) is 0 Å². The summed E-state index contributed by atoms with van der Waals surface area (Å²) in [6, 6.07) is 3.12. The van der Waals surface area contributed by atoms with E-state index in [0.29, 0.717) is 18.0 Å². The normalized spacial score (nSPS) is 21.2. The van der Waals surface area contributed by atoms with Crippen molar-refractivity contribution in [2.24, 2.45) is 10.9 Å². The van der Waals surface area contributed by atoms with E-state index in [9.17, 15) is 0 Å². The van der Waals surface area contributed by atoms with E-state index < -0.39 is 0 Å². The highest BCUT2D eigenvalue weighted by Crippen LogP contribution is 2.28. The highest BCUT2D eigenvalue weighted by molar-refractivity contribution is 8.14. The fraction of sp³-hybridized carbons (Fsp3) is 0.643. The van der Waals surface area contributed by atoms with Gasteiger partial charge >= 0.3 is 0 Å². The first-order valence-corrected chi connectivity index (χ1v) is 8.31. The number of thioether (sulfide) groups is 1. The number of nitrogens with zero attached hydrogens (tertiary/aromatic N) is 1. The predicted octanol–water partition coefficient (Wildman–Crippen LogP) is 4.14. The van der Waals surface area contributed by atoms with Crippen LogP contribution in [0, 0.1) is 19.8 Å². The third kappa shape index (κ3) is 3.09. The van der Waals surface area contributed by atoms with Crippen molar-refractivity contribution < 1.29 is 0 Å². The van der Waals surface area contributed by atoms with E-state index in [4.69, 9.17) is 4.99 Å². The lowest BCUT2D eigenvalue weighted by atomic mass is 10.1. The summed E-state index contributed by atoms with van der Waals surface area (Å²) in [6.45, 7) is 11.1. The van der Waals surface area contributed by atoms with Gasteiger partial charge in [0.25, 0.3) is 0 Å². The average molecular weight is 282 g/mol. The molecule has 0 bridgehead atoms. The summed E-state index contributed by atoms with van der Waals surface area (Å²) < 4.78 is 0. The average Bonchev–Trinajstić information content (AvgIpc) is 2.85. The maximum atomic E-state index is 4.76. The Morgan fingerprint density at radius 1 is 1.33 bits per heavy atom. The first kappa shape index (κ1) is 13.9. The summed E-state index contributed by atoms with van der Waals surface area (Å²) in [6.07, 6.45) is 0. The van der Waals surface area contributed by atoms with Crippen molar-refractivity contribution in [2.45, 2.75) is 46.7 Å². The summed E-state index contributed by atoms with van der Waals surface area (Å²) in [5.41, 5.74) is 1.41. The minimum absolute atomic E-state index is 0.354. The number of thiophene rings is 1. The quantitative estimate of drug-likeness (QED) is 0.901. The number of nitrogens with one attached hydrogen (secondary N) is 1. The zero-order valence-corrected chi connectivity index (χ0v) is 13.4. The standard InChI is InChI=1S/C14H22N2S2/c1-8(2)13-7-17-14(16-13)15-10(4)12-6-9(3)18-11(12)5/h6,8,10,13H,7H2,1-5H3,(H,15,16)/t10?,13-/m1/s1. The molecule has 100 valence electrons. The molecular formula is C14H22N2S2. The van der Waals surface area contributed by atoms with Gasteiger partial charge in [-0.3, -0.25) is 4.99 Å². The van der Waals surface area contributed by atoms with Gasteiger partial charge in [-0.05, 0) is 38.3 Å². The molecule has 0 fully saturated rings. The second-order valence-electron chi connectivity index (χ2n) is 5.29. The molecule has 0 saturated heterocycles. The molecular weight excluding hydrogens is 260 g/mol. The van der Waals surface area contributed by atoms with Crippen LogP contribution in [0.1, 0.15) is 42.1 Å². The van der Waals surface area contributed by atoms with Crippen LogP contribution in [0.15, 0.2) is 11.1 Å². The van der Waals surface area contributed by atoms with Crippen LogP contribution in [0.3, 0.4) is 0 Å². The molecule has 1 aliphatic rings. The van der Waals surface area contributed by atoms with Crippen molar-refractivity contribution >= 4 is 28.3 Å². The van der Waals surface area contributed by atoms with Crippen LogP contribution in [-0.2, 0) is 0 Å². The smallest absolute Gasteiger partial charge is 0.157 e. The predicted molar refractivity (Wildman–Crippen MR) is 83.9 cm³/mol. The highest BCUT2D eigenvalue weighted by Gasteiger charge is 2.22. The Morgan fingerprint density at radius 2 is 2.06 bits per heavy atom. The van der Waals surface area contributed by atoms with Gasteiger partial charge < -0.3 is 5.32 Å². The topological polar surface area (TPSA) is 24.4 Å². The molecule has 2 atom stereocenters. The van der Waals surface area contributed by atoms with Gasteiger partial charge in [0.2, 0.25) is 0 Å². The molecule has 1 N–H and O–H groups in total. The molecule has 0 amide bonds.